The lowest BCUT2D eigenvalue weighted by molar-refractivity contribution is 0.110. The van der Waals surface area contributed by atoms with Gasteiger partial charge in [-0.05, 0) is 19.3 Å². The number of rotatable bonds is 10. The van der Waals surface area contributed by atoms with E-state index in [1.807, 2.05) is 0 Å². The summed E-state index contributed by atoms with van der Waals surface area (Å²) in [6, 6.07) is 0. The molecule has 1 unspecified atom stereocenters. The summed E-state index contributed by atoms with van der Waals surface area (Å²) in [5.41, 5.74) is 0. The topological polar surface area (TPSA) is 20.2 Å². The molecule has 0 rings (SSSR count). The van der Waals surface area contributed by atoms with Gasteiger partial charge in [-0.3, -0.25) is 0 Å². The van der Waals surface area contributed by atoms with E-state index in [1.54, 1.807) is 0 Å². The van der Waals surface area contributed by atoms with Crippen LogP contribution in [-0.4, -0.2) is 10.4 Å². The van der Waals surface area contributed by atoms with Crippen LogP contribution in [0, 0.1) is 0 Å². The van der Waals surface area contributed by atoms with Gasteiger partial charge in [0.2, 0.25) is 0 Å². The lowest BCUT2D eigenvalue weighted by Crippen LogP contribution is -2.20. The van der Waals surface area contributed by atoms with E-state index in [9.17, 15) is 5.11 Å². The Hall–Kier alpha value is 0.480. The third-order valence-corrected chi connectivity index (χ3v) is 4.59. The van der Waals surface area contributed by atoms with Crippen molar-refractivity contribution in [3.63, 3.8) is 0 Å². The molecule has 0 heterocycles. The summed E-state index contributed by atoms with van der Waals surface area (Å²) in [5.74, 6) is 0. The normalized spacial score (nSPS) is 15.4. The maximum Gasteiger partial charge on any atom is 0.116 e. The molecule has 1 atom stereocenters. The van der Waals surface area contributed by atoms with Crippen LogP contribution in [0.2, 0.25) is 0 Å². The van der Waals surface area contributed by atoms with Crippen molar-refractivity contribution in [2.75, 3.05) is 0 Å². The molecule has 0 amide bonds. The van der Waals surface area contributed by atoms with Gasteiger partial charge in [0.1, 0.15) is 5.34 Å². The Kier molecular flexibility index (Phi) is 10.00. The van der Waals surface area contributed by atoms with Gasteiger partial charge >= 0.3 is 0 Å². The molecule has 0 fully saturated rings. The first-order chi connectivity index (χ1) is 7.18. The molecule has 0 radical (unpaired) electrons. The van der Waals surface area contributed by atoms with Crippen LogP contribution in [-0.2, 0) is 11.8 Å². The second-order valence-corrected chi connectivity index (χ2v) is 5.90. The zero-order chi connectivity index (χ0) is 11.6. The number of hydrogen-bond acceptors (Lipinski definition) is 2. The maximum atomic E-state index is 10.2. The van der Waals surface area contributed by atoms with Crippen molar-refractivity contribution in [3.8, 4) is 0 Å². The summed E-state index contributed by atoms with van der Waals surface area (Å²) in [5, 5.41) is 9.62. The molecule has 0 aliphatic heterocycles. The lowest BCUT2D eigenvalue weighted by Gasteiger charge is -2.22. The Bertz CT molecular complexity index is 164. The van der Waals surface area contributed by atoms with E-state index in [0.717, 1.165) is 39.5 Å². The van der Waals surface area contributed by atoms with Crippen LogP contribution in [0.3, 0.4) is 0 Å². The molecule has 3 heteroatoms. The van der Waals surface area contributed by atoms with E-state index >= 15 is 0 Å². The quantitative estimate of drug-likeness (QED) is 0.449. The van der Waals surface area contributed by atoms with Crippen molar-refractivity contribution >= 4 is 19.2 Å². The molecular weight excluding hydrogens is 223 g/mol. The number of unbranched alkanes of at least 4 members (excludes halogenated alkanes) is 5. The van der Waals surface area contributed by atoms with Crippen LogP contribution in [0.25, 0.3) is 0 Å². The predicted octanol–water partition coefficient (Wildman–Crippen LogP) is 4.63. The van der Waals surface area contributed by atoms with Gasteiger partial charge in [-0.1, -0.05) is 64.2 Å². The second kappa shape index (κ2) is 9.69. The summed E-state index contributed by atoms with van der Waals surface area (Å²) >= 11 is 5.02. The van der Waals surface area contributed by atoms with E-state index in [1.165, 1.54) is 25.7 Å². The monoisotopic (exact) mass is 248 g/mol. The molecule has 1 N–H and O–H groups in total. The molecule has 0 saturated carbocycles. The maximum absolute atomic E-state index is 10.2. The van der Waals surface area contributed by atoms with Crippen molar-refractivity contribution in [1.82, 2.24) is 0 Å². The molecule has 0 aliphatic carbocycles. The minimum absolute atomic E-state index is 0.572. The fourth-order valence-corrected chi connectivity index (χ4v) is 2.73. The molecule has 0 aliphatic rings. The Labute approximate surface area is 101 Å². The summed E-state index contributed by atoms with van der Waals surface area (Å²) in [4.78, 5) is 0. The van der Waals surface area contributed by atoms with E-state index in [0.29, 0.717) is 0 Å². The van der Waals surface area contributed by atoms with Crippen LogP contribution >= 0.6 is 7.36 Å². The highest BCUT2D eigenvalue weighted by Gasteiger charge is 2.22. The zero-order valence-electron chi connectivity index (χ0n) is 10.2. The summed E-state index contributed by atoms with van der Waals surface area (Å²) in [6.07, 6.45) is 10.3. The van der Waals surface area contributed by atoms with Crippen LogP contribution in [0.15, 0.2) is 0 Å². The van der Waals surface area contributed by atoms with Crippen LogP contribution in [0.4, 0.5) is 0 Å². The van der Waals surface area contributed by atoms with Gasteiger partial charge in [-0.25, -0.2) is 0 Å². The molecule has 1 nitrogen and oxygen atoms in total. The molecule has 0 aromatic heterocycles. The average Bonchev–Trinajstić information content (AvgIpc) is 2.26. The van der Waals surface area contributed by atoms with Crippen LogP contribution < -0.4 is 0 Å². The van der Waals surface area contributed by atoms with Crippen LogP contribution in [0.5, 0.6) is 0 Å². The first-order valence-corrected chi connectivity index (χ1v) is 8.16. The average molecular weight is 248 g/mol. The summed E-state index contributed by atoms with van der Waals surface area (Å²) in [7, 11) is 0.739. The minimum atomic E-state index is -0.572. The van der Waals surface area contributed by atoms with Gasteiger partial charge in [0.05, 0.1) is 0 Å². The standard InChI is InChI=1S/C12H25OPS/c1-3-5-7-8-9-11-12(13,14-15)10-6-4-2/h13H,3-11H2,1-2H3. The zero-order valence-corrected chi connectivity index (χ0v) is 11.9. The molecule has 0 aromatic carbocycles. The third kappa shape index (κ3) is 8.30. The van der Waals surface area contributed by atoms with Gasteiger partial charge in [0, 0.05) is 7.36 Å². The van der Waals surface area contributed by atoms with Crippen molar-refractivity contribution in [2.24, 2.45) is 0 Å². The second-order valence-electron chi connectivity index (χ2n) is 4.34. The van der Waals surface area contributed by atoms with Crippen molar-refractivity contribution in [3.05, 3.63) is 0 Å². The Morgan fingerprint density at radius 3 is 2.00 bits per heavy atom. The van der Waals surface area contributed by atoms with E-state index < -0.39 is 5.34 Å². The smallest absolute Gasteiger partial charge is 0.116 e. The highest BCUT2D eigenvalue weighted by molar-refractivity contribution is 7.97. The molecule has 15 heavy (non-hydrogen) atoms. The largest absolute Gasteiger partial charge is 0.380 e. The molecule has 90 valence electrons. The van der Waals surface area contributed by atoms with Crippen molar-refractivity contribution < 1.29 is 5.11 Å². The SMILES string of the molecule is CCCCCCCC(O)(CCCC)P=S. The Morgan fingerprint density at radius 2 is 1.47 bits per heavy atom. The number of aliphatic hydroxyl groups is 1. The van der Waals surface area contributed by atoms with Gasteiger partial charge in [0.25, 0.3) is 0 Å². The molecular formula is C12H25OPS. The van der Waals surface area contributed by atoms with Crippen molar-refractivity contribution in [2.45, 2.75) is 77.0 Å². The van der Waals surface area contributed by atoms with E-state index in [2.05, 4.69) is 13.8 Å². The summed E-state index contributed by atoms with van der Waals surface area (Å²) < 4.78 is 0. The Morgan fingerprint density at radius 1 is 0.933 bits per heavy atom. The highest BCUT2D eigenvalue weighted by atomic mass is 32.4. The van der Waals surface area contributed by atoms with E-state index in [-0.39, 0.29) is 0 Å². The van der Waals surface area contributed by atoms with Gasteiger partial charge < -0.3 is 5.11 Å². The third-order valence-electron chi connectivity index (χ3n) is 2.78. The van der Waals surface area contributed by atoms with Gasteiger partial charge in [0.15, 0.2) is 0 Å². The number of hydrogen-bond donors (Lipinski definition) is 1. The summed E-state index contributed by atoms with van der Waals surface area (Å²) in [6.45, 7) is 4.38. The van der Waals surface area contributed by atoms with Crippen molar-refractivity contribution in [1.29, 1.82) is 0 Å². The Balaban J connectivity index is 3.63. The first kappa shape index (κ1) is 15.5. The molecule has 0 saturated heterocycles. The van der Waals surface area contributed by atoms with Gasteiger partial charge in [-0.2, -0.15) is 0 Å². The fourth-order valence-electron chi connectivity index (χ4n) is 1.69. The molecule has 0 bridgehead atoms. The van der Waals surface area contributed by atoms with E-state index in [4.69, 9.17) is 11.8 Å². The minimum Gasteiger partial charge on any atom is -0.380 e. The van der Waals surface area contributed by atoms with Crippen LogP contribution in [0.1, 0.15) is 71.6 Å². The fraction of sp³-hybridized carbons (Fsp3) is 1.00. The van der Waals surface area contributed by atoms with Gasteiger partial charge in [-0.15, -0.1) is 0 Å². The molecule has 0 spiro atoms. The lowest BCUT2D eigenvalue weighted by atomic mass is 10.0. The highest BCUT2D eigenvalue weighted by Crippen LogP contribution is 2.32. The molecule has 0 aromatic rings. The first-order valence-electron chi connectivity index (χ1n) is 6.25. The predicted molar refractivity (Wildman–Crippen MR) is 72.1 cm³/mol.